The Morgan fingerprint density at radius 3 is 2.39 bits per heavy atom. The molecule has 1 aromatic heterocycles. The molecule has 10 nitrogen and oxygen atoms in total. The molecule has 15 heteroatoms. The molecule has 1 unspecified atom stereocenters. The van der Waals surface area contributed by atoms with E-state index < -0.39 is 24.1 Å². The van der Waals surface area contributed by atoms with E-state index in [1.54, 1.807) is 30.6 Å². The van der Waals surface area contributed by atoms with Crippen LogP contribution in [0.1, 0.15) is 46.0 Å². The molecule has 0 radical (unpaired) electrons. The molecule has 1 amide bonds. The first-order chi connectivity index (χ1) is 23.2. The number of alkyl halides is 2. The van der Waals surface area contributed by atoms with E-state index >= 15 is 0 Å². The van der Waals surface area contributed by atoms with Gasteiger partial charge in [-0.3, -0.25) is 9.69 Å². The zero-order chi connectivity index (χ0) is 33.6. The van der Waals surface area contributed by atoms with Gasteiger partial charge in [0.15, 0.2) is 29.3 Å². The highest BCUT2D eigenvalue weighted by molar-refractivity contribution is 8.00. The van der Waals surface area contributed by atoms with Crippen molar-refractivity contribution in [1.29, 1.82) is 0 Å². The number of thioether (sulfide) groups is 1. The predicted molar refractivity (Wildman–Crippen MR) is 179 cm³/mol. The Morgan fingerprint density at radius 2 is 1.71 bits per heavy atom. The molecule has 2 saturated heterocycles. The molecule has 3 fully saturated rings. The standard InChI is InChI=1S/C34H35Cl2F2N3O6S.H2O/c35-26-17-39-18-27(36)25(26)16-29(24-7-8-28(47-34(37)38)30(15-24)45-20-22-1-2-22)46-33(43)32-41(11-14-48-32)31(42)23-5-3-21(4-6-23)19-40-9-12-44-13-10-40;/h3-8,15,17-18,22,29,32,34H,1-2,9-14,16,19-20H2;1H2/t29-,32?;/m0./s1. The number of nitrogens with zero attached hydrogens (tertiary/aromatic N) is 2. The largest absolute Gasteiger partial charge is 0.870 e. The summed E-state index contributed by atoms with van der Waals surface area (Å²) in [6.07, 6.45) is 4.25. The van der Waals surface area contributed by atoms with Crippen LogP contribution in [0.3, 0.4) is 0 Å². The molecule has 49 heavy (non-hydrogen) atoms. The SMILES string of the molecule is O=C(O[C@@H](Cc1c(Cl)c[nH+]cc1Cl)c1ccc(OC(F)F)c(OCC2CC2)c1)C1SCCN1C(=O)c1ccc(CN2CCOCC2)cc1.[OH-]. The van der Waals surface area contributed by atoms with Crippen molar-refractivity contribution in [2.24, 2.45) is 5.92 Å². The number of aromatic nitrogens is 1. The van der Waals surface area contributed by atoms with E-state index in [4.69, 9.17) is 42.1 Å². The van der Waals surface area contributed by atoms with Crippen LogP contribution < -0.4 is 14.5 Å². The van der Waals surface area contributed by atoms with E-state index in [1.165, 1.54) is 28.8 Å². The Morgan fingerprint density at radius 1 is 1.00 bits per heavy atom. The third kappa shape index (κ3) is 9.74. The van der Waals surface area contributed by atoms with E-state index in [2.05, 4.69) is 9.88 Å². The number of nitrogens with one attached hydrogen (secondary N) is 1. The maximum absolute atomic E-state index is 13.9. The van der Waals surface area contributed by atoms with Crippen LogP contribution in [0.5, 0.6) is 11.5 Å². The van der Waals surface area contributed by atoms with Gasteiger partial charge in [-0.05, 0) is 54.2 Å². The van der Waals surface area contributed by atoms with Crippen LogP contribution in [-0.4, -0.2) is 84.3 Å². The van der Waals surface area contributed by atoms with Crippen LogP contribution in [0.4, 0.5) is 8.78 Å². The minimum absolute atomic E-state index is 0. The van der Waals surface area contributed by atoms with Crippen molar-refractivity contribution in [3.63, 3.8) is 0 Å². The number of hydrogen-bond acceptors (Lipinski definition) is 9. The minimum Gasteiger partial charge on any atom is -0.870 e. The summed E-state index contributed by atoms with van der Waals surface area (Å²) in [5, 5.41) is -0.235. The van der Waals surface area contributed by atoms with Crippen molar-refractivity contribution in [1.82, 2.24) is 9.80 Å². The quantitative estimate of drug-likeness (QED) is 0.198. The van der Waals surface area contributed by atoms with Gasteiger partial charge in [-0.25, -0.2) is 9.78 Å². The van der Waals surface area contributed by atoms with E-state index in [1.807, 2.05) is 12.1 Å². The topological polar surface area (TPSA) is 122 Å². The van der Waals surface area contributed by atoms with Crippen LogP contribution in [0, 0.1) is 5.92 Å². The number of hydrogen-bond donors (Lipinski definition) is 0. The van der Waals surface area contributed by atoms with Crippen molar-refractivity contribution in [3.05, 3.63) is 87.2 Å². The monoisotopic (exact) mass is 739 g/mol. The Hall–Kier alpha value is -3.20. The number of benzene rings is 2. The highest BCUT2D eigenvalue weighted by Gasteiger charge is 2.38. The molecular formula is C34H37Cl2F2N3O7S. The summed E-state index contributed by atoms with van der Waals surface area (Å²) in [6.45, 7) is 1.58. The fraction of sp³-hybridized carbons (Fsp3) is 0.441. The summed E-state index contributed by atoms with van der Waals surface area (Å²) in [7, 11) is 0. The van der Waals surface area contributed by atoms with Crippen LogP contribution in [0.2, 0.25) is 10.0 Å². The molecule has 0 spiro atoms. The fourth-order valence-corrected chi connectivity index (χ4v) is 7.25. The van der Waals surface area contributed by atoms with Crippen molar-refractivity contribution in [2.45, 2.75) is 43.9 Å². The molecule has 2 aromatic carbocycles. The lowest BCUT2D eigenvalue weighted by Crippen LogP contribution is -2.40. The summed E-state index contributed by atoms with van der Waals surface area (Å²) in [5.41, 5.74) is 2.55. The van der Waals surface area contributed by atoms with Gasteiger partial charge in [-0.15, -0.1) is 11.8 Å². The van der Waals surface area contributed by atoms with Gasteiger partial charge in [0.2, 0.25) is 0 Å². The first-order valence-electron chi connectivity index (χ1n) is 15.8. The maximum atomic E-state index is 13.9. The van der Waals surface area contributed by atoms with Crippen LogP contribution in [0.25, 0.3) is 0 Å². The van der Waals surface area contributed by atoms with Gasteiger partial charge in [0.1, 0.15) is 16.1 Å². The van der Waals surface area contributed by atoms with Crippen LogP contribution in [0.15, 0.2) is 54.9 Å². The van der Waals surface area contributed by atoms with E-state index in [0.717, 1.165) is 38.0 Å². The Labute approximate surface area is 297 Å². The van der Waals surface area contributed by atoms with Crippen LogP contribution >= 0.6 is 35.0 Å². The van der Waals surface area contributed by atoms with Crippen molar-refractivity contribution in [2.75, 3.05) is 45.2 Å². The van der Waals surface area contributed by atoms with Gasteiger partial charge in [0.05, 0.1) is 19.8 Å². The lowest BCUT2D eigenvalue weighted by atomic mass is 10.0. The number of pyridine rings is 1. The summed E-state index contributed by atoms with van der Waals surface area (Å²) in [4.78, 5) is 34.2. The van der Waals surface area contributed by atoms with Gasteiger partial charge in [-0.1, -0.05) is 41.4 Å². The Bertz CT molecular complexity index is 1580. The predicted octanol–water partition coefficient (Wildman–Crippen LogP) is 5.90. The summed E-state index contributed by atoms with van der Waals surface area (Å²) in [6, 6.07) is 11.9. The number of halogens is 4. The van der Waals surface area contributed by atoms with Crippen molar-refractivity contribution in [3.8, 4) is 11.5 Å². The number of amides is 1. The average Bonchev–Trinajstić information content (AvgIpc) is 3.78. The second kappa shape index (κ2) is 17.1. The van der Waals surface area contributed by atoms with Crippen molar-refractivity contribution < 1.29 is 47.8 Å². The normalized spacial score (nSPS) is 18.6. The molecule has 1 aliphatic carbocycles. The maximum Gasteiger partial charge on any atom is 0.387 e. The van der Waals surface area contributed by atoms with Gasteiger partial charge < -0.3 is 29.3 Å². The first kappa shape index (κ1) is 37.1. The molecule has 3 heterocycles. The van der Waals surface area contributed by atoms with Gasteiger partial charge in [0, 0.05) is 49.5 Å². The second-order valence-corrected chi connectivity index (χ2v) is 13.9. The van der Waals surface area contributed by atoms with E-state index in [-0.39, 0.29) is 29.3 Å². The van der Waals surface area contributed by atoms with Gasteiger partial charge in [-0.2, -0.15) is 8.78 Å². The van der Waals surface area contributed by atoms with Crippen molar-refractivity contribution >= 4 is 46.8 Å². The number of rotatable bonds is 13. The minimum atomic E-state index is -3.05. The zero-order valence-electron chi connectivity index (χ0n) is 26.5. The summed E-state index contributed by atoms with van der Waals surface area (Å²) in [5.74, 6) is 0.000374. The highest BCUT2D eigenvalue weighted by atomic mass is 35.5. The molecule has 0 bridgehead atoms. The molecule has 6 rings (SSSR count). The second-order valence-electron chi connectivity index (χ2n) is 11.9. The van der Waals surface area contributed by atoms with Crippen LogP contribution in [-0.2, 0) is 27.2 Å². The molecule has 2 atom stereocenters. The summed E-state index contributed by atoms with van der Waals surface area (Å²) < 4.78 is 48.6. The summed E-state index contributed by atoms with van der Waals surface area (Å²) >= 11 is 14.3. The first-order valence-corrected chi connectivity index (χ1v) is 17.6. The number of esters is 1. The lowest BCUT2D eigenvalue weighted by molar-refractivity contribution is -0.377. The third-order valence-electron chi connectivity index (χ3n) is 8.44. The molecule has 1 saturated carbocycles. The molecule has 2 N–H and O–H groups in total. The van der Waals surface area contributed by atoms with E-state index in [0.29, 0.717) is 64.8 Å². The zero-order valence-corrected chi connectivity index (χ0v) is 28.8. The number of aromatic amines is 1. The Balaban J connectivity index is 0.00000468. The Kier molecular flexibility index (Phi) is 13.0. The smallest absolute Gasteiger partial charge is 0.387 e. The number of H-pyrrole nitrogens is 1. The van der Waals surface area contributed by atoms with E-state index in [9.17, 15) is 18.4 Å². The molecule has 2 aliphatic heterocycles. The molecular weight excluding hydrogens is 703 g/mol. The lowest BCUT2D eigenvalue weighted by Gasteiger charge is -2.27. The molecule has 3 aromatic rings. The van der Waals surface area contributed by atoms with Gasteiger partial charge >= 0.3 is 12.6 Å². The molecule has 264 valence electrons. The number of carbonyl (C=O) groups is 2. The highest BCUT2D eigenvalue weighted by Crippen LogP contribution is 2.38. The third-order valence-corrected chi connectivity index (χ3v) is 10.3. The number of ether oxygens (including phenoxy) is 4. The van der Waals surface area contributed by atoms with Gasteiger partial charge in [0.25, 0.3) is 5.91 Å². The average molecular weight is 741 g/mol. The fourth-order valence-electron chi connectivity index (χ4n) is 5.62. The number of carbonyl (C=O) groups excluding carboxylic acids is 2. The molecule has 3 aliphatic rings. The number of morpholine rings is 1.